The Kier molecular flexibility index (Phi) is 3.30. The monoisotopic (exact) mass is 302 g/mol. The summed E-state index contributed by atoms with van der Waals surface area (Å²) in [6, 6.07) is 8.91. The molecule has 1 rings (SSSR count). The molecule has 0 aliphatic rings. The van der Waals surface area contributed by atoms with Crippen molar-refractivity contribution in [3.8, 4) is 0 Å². The molecule has 0 heterocycles. The average Bonchev–Trinajstić information content (AvgIpc) is 2.01. The summed E-state index contributed by atoms with van der Waals surface area (Å²) in [5, 5.41) is 0. The third kappa shape index (κ3) is 2.97. The maximum Gasteiger partial charge on any atom is 0.0414 e. The predicted octanol–water partition coefficient (Wildman–Crippen LogP) is 4.65. The van der Waals surface area contributed by atoms with Gasteiger partial charge in [0.1, 0.15) is 0 Å². The Balaban J connectivity index is 3.15. The first-order chi connectivity index (χ1) is 6.21. The first-order valence-corrected chi connectivity index (χ1v) is 6.09. The Hall–Kier alpha value is -0.0500. The van der Waals surface area contributed by atoms with E-state index in [2.05, 4.69) is 81.5 Å². The van der Waals surface area contributed by atoms with E-state index in [4.69, 9.17) is 0 Å². The second-order valence-electron chi connectivity index (χ2n) is 5.30. The van der Waals surface area contributed by atoms with Gasteiger partial charge in [0, 0.05) is 3.42 Å². The van der Waals surface area contributed by atoms with Gasteiger partial charge in [-0.3, -0.25) is 0 Å². The summed E-state index contributed by atoms with van der Waals surface area (Å²) < 4.78 is 0.221. The maximum absolute atomic E-state index is 2.49. The van der Waals surface area contributed by atoms with Crippen LogP contribution in [-0.2, 0) is 8.84 Å². The standard InChI is InChI=1S/C13H19I/c1-12(2,3)10-7-6-8-11(9-10)13(4,5)14/h6-9H,1-5H3. The molecular formula is C13H19I. The number of rotatable bonds is 1. The van der Waals surface area contributed by atoms with E-state index in [1.807, 2.05) is 0 Å². The van der Waals surface area contributed by atoms with E-state index in [-0.39, 0.29) is 8.84 Å². The molecule has 0 nitrogen and oxygen atoms in total. The zero-order chi connectivity index (χ0) is 11.0. The van der Waals surface area contributed by atoms with Crippen molar-refractivity contribution in [1.29, 1.82) is 0 Å². The largest absolute Gasteiger partial charge is 0.0743 e. The van der Waals surface area contributed by atoms with Crippen LogP contribution in [0.1, 0.15) is 45.7 Å². The van der Waals surface area contributed by atoms with E-state index in [1.165, 1.54) is 11.1 Å². The minimum absolute atomic E-state index is 0.221. The van der Waals surface area contributed by atoms with Crippen molar-refractivity contribution < 1.29 is 0 Å². The lowest BCUT2D eigenvalue weighted by atomic mass is 9.85. The Morgan fingerprint density at radius 3 is 1.86 bits per heavy atom. The number of hydrogen-bond acceptors (Lipinski definition) is 0. The van der Waals surface area contributed by atoms with Gasteiger partial charge in [0.25, 0.3) is 0 Å². The topological polar surface area (TPSA) is 0 Å². The van der Waals surface area contributed by atoms with Crippen molar-refractivity contribution >= 4 is 22.6 Å². The number of hydrogen-bond donors (Lipinski definition) is 0. The van der Waals surface area contributed by atoms with E-state index < -0.39 is 0 Å². The first-order valence-electron chi connectivity index (χ1n) is 5.01. The van der Waals surface area contributed by atoms with Crippen molar-refractivity contribution in [2.24, 2.45) is 0 Å². The van der Waals surface area contributed by atoms with Gasteiger partial charge in [0.05, 0.1) is 0 Å². The molecule has 1 aromatic carbocycles. The number of alkyl halides is 1. The lowest BCUT2D eigenvalue weighted by Crippen LogP contribution is -2.14. The summed E-state index contributed by atoms with van der Waals surface area (Å²) in [4.78, 5) is 0. The first kappa shape index (κ1) is 12.0. The zero-order valence-corrected chi connectivity index (χ0v) is 11.8. The lowest BCUT2D eigenvalue weighted by molar-refractivity contribution is 0.588. The van der Waals surface area contributed by atoms with Gasteiger partial charge in [-0.05, 0) is 30.4 Å². The van der Waals surface area contributed by atoms with E-state index in [0.717, 1.165) is 0 Å². The SMILES string of the molecule is CC(C)(C)c1cccc(C(C)(C)I)c1. The highest BCUT2D eigenvalue weighted by Crippen LogP contribution is 2.33. The minimum Gasteiger partial charge on any atom is -0.0743 e. The summed E-state index contributed by atoms with van der Waals surface area (Å²) in [5.74, 6) is 0. The molecule has 0 spiro atoms. The van der Waals surface area contributed by atoms with Gasteiger partial charge < -0.3 is 0 Å². The van der Waals surface area contributed by atoms with E-state index in [0.29, 0.717) is 0 Å². The van der Waals surface area contributed by atoms with Crippen LogP contribution < -0.4 is 0 Å². The van der Waals surface area contributed by atoms with Crippen molar-refractivity contribution in [2.75, 3.05) is 0 Å². The fourth-order valence-corrected chi connectivity index (χ4v) is 1.69. The average molecular weight is 302 g/mol. The molecule has 0 N–H and O–H groups in total. The molecule has 0 aromatic heterocycles. The minimum atomic E-state index is 0.221. The quantitative estimate of drug-likeness (QED) is 0.523. The summed E-state index contributed by atoms with van der Waals surface area (Å²) in [5.41, 5.74) is 3.07. The Bertz CT molecular complexity index is 283. The molecule has 0 fully saturated rings. The van der Waals surface area contributed by atoms with Crippen LogP contribution in [0.4, 0.5) is 0 Å². The Morgan fingerprint density at radius 1 is 0.929 bits per heavy atom. The highest BCUT2D eigenvalue weighted by atomic mass is 127. The molecule has 0 saturated heterocycles. The maximum atomic E-state index is 2.49. The molecule has 0 amide bonds. The number of halogens is 1. The van der Waals surface area contributed by atoms with E-state index in [1.54, 1.807) is 0 Å². The second-order valence-corrected chi connectivity index (χ2v) is 8.00. The molecule has 1 aromatic rings. The molecule has 0 atom stereocenters. The fourth-order valence-electron chi connectivity index (χ4n) is 1.36. The molecule has 0 saturated carbocycles. The van der Waals surface area contributed by atoms with Crippen LogP contribution in [0.2, 0.25) is 0 Å². The number of benzene rings is 1. The van der Waals surface area contributed by atoms with Crippen molar-refractivity contribution in [1.82, 2.24) is 0 Å². The smallest absolute Gasteiger partial charge is 0.0414 e. The van der Waals surface area contributed by atoms with Gasteiger partial charge in [-0.2, -0.15) is 0 Å². The molecule has 78 valence electrons. The van der Waals surface area contributed by atoms with Crippen LogP contribution in [0.25, 0.3) is 0 Å². The molecule has 1 heteroatoms. The van der Waals surface area contributed by atoms with Gasteiger partial charge in [0.2, 0.25) is 0 Å². The molecule has 0 unspecified atom stereocenters. The molecule has 0 aliphatic heterocycles. The summed E-state index contributed by atoms with van der Waals surface area (Å²) in [6.07, 6.45) is 0. The lowest BCUT2D eigenvalue weighted by Gasteiger charge is -2.23. The predicted molar refractivity (Wildman–Crippen MR) is 72.2 cm³/mol. The molecule has 0 radical (unpaired) electrons. The Labute approximate surface area is 101 Å². The van der Waals surface area contributed by atoms with Crippen molar-refractivity contribution in [3.05, 3.63) is 35.4 Å². The van der Waals surface area contributed by atoms with Crippen LogP contribution >= 0.6 is 22.6 Å². The highest BCUT2D eigenvalue weighted by molar-refractivity contribution is 14.1. The fraction of sp³-hybridized carbons (Fsp3) is 0.538. The van der Waals surface area contributed by atoms with Gasteiger partial charge in [0.15, 0.2) is 0 Å². The third-order valence-electron chi connectivity index (χ3n) is 2.42. The van der Waals surface area contributed by atoms with Gasteiger partial charge in [-0.15, -0.1) is 0 Å². The normalized spacial score (nSPS) is 13.0. The second kappa shape index (κ2) is 3.84. The molecule has 14 heavy (non-hydrogen) atoms. The Morgan fingerprint density at radius 2 is 1.43 bits per heavy atom. The van der Waals surface area contributed by atoms with Crippen molar-refractivity contribution in [3.63, 3.8) is 0 Å². The summed E-state index contributed by atoms with van der Waals surface area (Å²) in [7, 11) is 0. The van der Waals surface area contributed by atoms with E-state index >= 15 is 0 Å². The summed E-state index contributed by atoms with van der Waals surface area (Å²) >= 11 is 2.49. The molecule has 0 bridgehead atoms. The molecular weight excluding hydrogens is 283 g/mol. The summed E-state index contributed by atoms with van der Waals surface area (Å²) in [6.45, 7) is 11.3. The molecule has 0 aliphatic carbocycles. The highest BCUT2D eigenvalue weighted by Gasteiger charge is 2.19. The van der Waals surface area contributed by atoms with Gasteiger partial charge in [-0.1, -0.05) is 67.6 Å². The van der Waals surface area contributed by atoms with Crippen LogP contribution in [0.3, 0.4) is 0 Å². The zero-order valence-electron chi connectivity index (χ0n) is 9.69. The van der Waals surface area contributed by atoms with Gasteiger partial charge in [-0.25, -0.2) is 0 Å². The van der Waals surface area contributed by atoms with Crippen molar-refractivity contribution in [2.45, 2.75) is 43.5 Å². The van der Waals surface area contributed by atoms with Crippen LogP contribution in [0.5, 0.6) is 0 Å². The van der Waals surface area contributed by atoms with Gasteiger partial charge >= 0.3 is 0 Å². The third-order valence-corrected chi connectivity index (χ3v) is 3.04. The van der Waals surface area contributed by atoms with Crippen LogP contribution in [0, 0.1) is 0 Å². The van der Waals surface area contributed by atoms with Crippen LogP contribution in [-0.4, -0.2) is 0 Å². The van der Waals surface area contributed by atoms with Crippen LogP contribution in [0.15, 0.2) is 24.3 Å². The van der Waals surface area contributed by atoms with E-state index in [9.17, 15) is 0 Å².